The lowest BCUT2D eigenvalue weighted by atomic mass is 10.2. The number of nitrogens with zero attached hydrogens (tertiary/aromatic N) is 1. The van der Waals surface area contributed by atoms with Crippen LogP contribution >= 0.6 is 0 Å². The van der Waals surface area contributed by atoms with Gasteiger partial charge < -0.3 is 24.2 Å². The third kappa shape index (κ3) is 3.17. The molecule has 2 aromatic heterocycles. The highest BCUT2D eigenvalue weighted by atomic mass is 16.4. The van der Waals surface area contributed by atoms with Gasteiger partial charge in [-0.05, 0) is 25.0 Å². The van der Waals surface area contributed by atoms with Gasteiger partial charge in [-0.1, -0.05) is 0 Å². The van der Waals surface area contributed by atoms with Gasteiger partial charge in [0, 0.05) is 12.6 Å². The fraction of sp³-hybridized carbons (Fsp3) is 0.312. The molecule has 0 saturated carbocycles. The van der Waals surface area contributed by atoms with Crippen LogP contribution in [0.25, 0.3) is 0 Å². The minimum atomic E-state index is -1.17. The van der Waals surface area contributed by atoms with Crippen LogP contribution in [0.1, 0.15) is 39.5 Å². The summed E-state index contributed by atoms with van der Waals surface area (Å²) in [7, 11) is 0. The van der Waals surface area contributed by atoms with Gasteiger partial charge in [-0.2, -0.15) is 0 Å². The van der Waals surface area contributed by atoms with Crippen molar-refractivity contribution in [2.45, 2.75) is 25.4 Å². The Hall–Kier alpha value is -3.03. The maximum absolute atomic E-state index is 12.5. The fourth-order valence-electron chi connectivity index (χ4n) is 2.69. The van der Waals surface area contributed by atoms with E-state index in [9.17, 15) is 14.4 Å². The number of rotatable bonds is 5. The predicted molar refractivity (Wildman–Crippen MR) is 80.3 cm³/mol. The van der Waals surface area contributed by atoms with Crippen molar-refractivity contribution in [3.63, 3.8) is 0 Å². The standard InChI is InChI=1S/C16H16N2O6/c19-14(17-8-11-3-2-6-23-11)12-4-1-5-18(12)15(20)13-7-10(9-24-13)16(21)22/h2-3,6-7,9,12H,1,4-5,8H2,(H,17,19)(H,21,22). The first-order chi connectivity index (χ1) is 11.6. The van der Waals surface area contributed by atoms with Crippen molar-refractivity contribution < 1.29 is 28.3 Å². The van der Waals surface area contributed by atoms with Gasteiger partial charge in [-0.25, -0.2) is 4.79 Å². The molecule has 1 aliphatic rings. The number of nitrogens with one attached hydrogen (secondary N) is 1. The molecule has 1 unspecified atom stereocenters. The summed E-state index contributed by atoms with van der Waals surface area (Å²) in [6.07, 6.45) is 3.76. The monoisotopic (exact) mass is 332 g/mol. The SMILES string of the molecule is O=C(O)c1coc(C(=O)N2CCCC2C(=O)NCc2ccco2)c1. The van der Waals surface area contributed by atoms with Crippen molar-refractivity contribution in [2.75, 3.05) is 6.54 Å². The summed E-state index contributed by atoms with van der Waals surface area (Å²) in [5.41, 5.74) is -0.101. The van der Waals surface area contributed by atoms with E-state index in [1.165, 1.54) is 17.2 Å². The van der Waals surface area contributed by atoms with Crippen molar-refractivity contribution in [1.29, 1.82) is 0 Å². The van der Waals surface area contributed by atoms with Crippen LogP contribution < -0.4 is 5.32 Å². The molecule has 8 heteroatoms. The number of furan rings is 2. The fourth-order valence-corrected chi connectivity index (χ4v) is 2.69. The lowest BCUT2D eigenvalue weighted by Crippen LogP contribution is -2.45. The number of carbonyl (C=O) groups excluding carboxylic acids is 2. The number of hydrogen-bond acceptors (Lipinski definition) is 5. The van der Waals surface area contributed by atoms with Gasteiger partial charge in [0.2, 0.25) is 5.91 Å². The van der Waals surface area contributed by atoms with E-state index < -0.39 is 17.9 Å². The highest BCUT2D eigenvalue weighted by Gasteiger charge is 2.35. The van der Waals surface area contributed by atoms with Gasteiger partial charge in [0.05, 0.1) is 18.4 Å². The Balaban J connectivity index is 1.66. The molecule has 0 bridgehead atoms. The maximum Gasteiger partial charge on any atom is 0.338 e. The molecule has 1 atom stereocenters. The highest BCUT2D eigenvalue weighted by molar-refractivity contribution is 5.98. The molecule has 0 radical (unpaired) electrons. The molecule has 2 amide bonds. The van der Waals surface area contributed by atoms with E-state index in [0.29, 0.717) is 25.1 Å². The van der Waals surface area contributed by atoms with Crippen molar-refractivity contribution in [1.82, 2.24) is 10.2 Å². The molecule has 0 spiro atoms. The second kappa shape index (κ2) is 6.61. The van der Waals surface area contributed by atoms with E-state index in [1.807, 2.05) is 0 Å². The summed E-state index contributed by atoms with van der Waals surface area (Å²) >= 11 is 0. The molecule has 3 heterocycles. The Morgan fingerprint density at radius 1 is 1.33 bits per heavy atom. The number of likely N-dealkylation sites (tertiary alicyclic amines) is 1. The van der Waals surface area contributed by atoms with Crippen LogP contribution in [0.2, 0.25) is 0 Å². The van der Waals surface area contributed by atoms with Crippen LogP contribution in [-0.4, -0.2) is 40.4 Å². The third-order valence-corrected chi connectivity index (χ3v) is 3.89. The summed E-state index contributed by atoms with van der Waals surface area (Å²) in [5, 5.41) is 11.6. The minimum absolute atomic E-state index is 0.0851. The molecule has 2 aromatic rings. The molecule has 126 valence electrons. The number of carboxylic acid groups (broad SMARTS) is 1. The highest BCUT2D eigenvalue weighted by Crippen LogP contribution is 2.21. The molecule has 1 aliphatic heterocycles. The number of carboxylic acids is 1. The van der Waals surface area contributed by atoms with Crippen LogP contribution in [0.5, 0.6) is 0 Å². The summed E-state index contributed by atoms with van der Waals surface area (Å²) in [6.45, 7) is 0.662. The molecule has 2 N–H and O–H groups in total. The zero-order valence-electron chi connectivity index (χ0n) is 12.7. The molecule has 0 aliphatic carbocycles. The average Bonchev–Trinajstić information content (AvgIpc) is 3.33. The first-order valence-electron chi connectivity index (χ1n) is 7.49. The molecule has 1 fully saturated rings. The molecule has 0 aromatic carbocycles. The topological polar surface area (TPSA) is 113 Å². The van der Waals surface area contributed by atoms with Crippen LogP contribution in [0.4, 0.5) is 0 Å². The second-order valence-electron chi connectivity index (χ2n) is 5.46. The van der Waals surface area contributed by atoms with Gasteiger partial charge >= 0.3 is 5.97 Å². The Morgan fingerprint density at radius 2 is 2.17 bits per heavy atom. The van der Waals surface area contributed by atoms with Crippen LogP contribution in [0, 0.1) is 0 Å². The Morgan fingerprint density at radius 3 is 2.83 bits per heavy atom. The first kappa shape index (κ1) is 15.9. The van der Waals surface area contributed by atoms with E-state index in [2.05, 4.69) is 5.32 Å². The lowest BCUT2D eigenvalue weighted by Gasteiger charge is -2.22. The van der Waals surface area contributed by atoms with E-state index in [1.54, 1.807) is 12.1 Å². The summed E-state index contributed by atoms with van der Waals surface area (Å²) < 4.78 is 10.2. The molecule has 24 heavy (non-hydrogen) atoms. The first-order valence-corrected chi connectivity index (χ1v) is 7.49. The van der Waals surface area contributed by atoms with E-state index in [0.717, 1.165) is 6.26 Å². The van der Waals surface area contributed by atoms with Crippen LogP contribution in [0.3, 0.4) is 0 Å². The van der Waals surface area contributed by atoms with Gasteiger partial charge in [-0.3, -0.25) is 9.59 Å². The minimum Gasteiger partial charge on any atom is -0.478 e. The summed E-state index contributed by atoms with van der Waals surface area (Å²) in [5.74, 6) is -1.40. The Kier molecular flexibility index (Phi) is 4.37. The van der Waals surface area contributed by atoms with E-state index in [4.69, 9.17) is 13.9 Å². The number of carbonyl (C=O) groups is 3. The molecular formula is C16H16N2O6. The summed E-state index contributed by atoms with van der Waals surface area (Å²) in [4.78, 5) is 37.1. The number of amides is 2. The molecule has 1 saturated heterocycles. The Bertz CT molecular complexity index is 748. The average molecular weight is 332 g/mol. The van der Waals surface area contributed by atoms with Gasteiger partial charge in [-0.15, -0.1) is 0 Å². The van der Waals surface area contributed by atoms with Crippen molar-refractivity contribution in [2.24, 2.45) is 0 Å². The van der Waals surface area contributed by atoms with Crippen LogP contribution in [-0.2, 0) is 11.3 Å². The van der Waals surface area contributed by atoms with E-state index in [-0.39, 0.29) is 23.8 Å². The summed E-state index contributed by atoms with van der Waals surface area (Å²) in [6, 6.07) is 4.03. The number of hydrogen-bond donors (Lipinski definition) is 2. The Labute approximate surface area is 137 Å². The van der Waals surface area contributed by atoms with Crippen molar-refractivity contribution in [3.05, 3.63) is 47.8 Å². The van der Waals surface area contributed by atoms with Crippen molar-refractivity contribution in [3.8, 4) is 0 Å². The normalized spacial score (nSPS) is 17.0. The smallest absolute Gasteiger partial charge is 0.338 e. The molecular weight excluding hydrogens is 316 g/mol. The largest absolute Gasteiger partial charge is 0.478 e. The third-order valence-electron chi connectivity index (χ3n) is 3.89. The predicted octanol–water partition coefficient (Wildman–Crippen LogP) is 1.49. The zero-order chi connectivity index (χ0) is 17.1. The molecule has 8 nitrogen and oxygen atoms in total. The zero-order valence-corrected chi connectivity index (χ0v) is 12.7. The van der Waals surface area contributed by atoms with Gasteiger partial charge in [0.25, 0.3) is 5.91 Å². The molecule has 3 rings (SSSR count). The van der Waals surface area contributed by atoms with Crippen molar-refractivity contribution >= 4 is 17.8 Å². The quantitative estimate of drug-likeness (QED) is 0.858. The van der Waals surface area contributed by atoms with Gasteiger partial charge in [0.1, 0.15) is 18.1 Å². The maximum atomic E-state index is 12.5. The van der Waals surface area contributed by atoms with Crippen LogP contribution in [0.15, 0.2) is 39.6 Å². The second-order valence-corrected chi connectivity index (χ2v) is 5.46. The van der Waals surface area contributed by atoms with E-state index >= 15 is 0 Å². The number of aromatic carboxylic acids is 1. The van der Waals surface area contributed by atoms with Gasteiger partial charge in [0.15, 0.2) is 5.76 Å². The lowest BCUT2D eigenvalue weighted by molar-refractivity contribution is -0.125.